The summed E-state index contributed by atoms with van der Waals surface area (Å²) in [6.07, 6.45) is 1.44. The molecule has 2 aromatic heterocycles. The Morgan fingerprint density at radius 1 is 1.15 bits per heavy atom. The molecule has 2 heterocycles. The third-order valence-electron chi connectivity index (χ3n) is 1.46. The van der Waals surface area contributed by atoms with E-state index in [1.807, 2.05) is 12.1 Å². The van der Waals surface area contributed by atoms with Gasteiger partial charge in [0.15, 0.2) is 0 Å². The van der Waals surface area contributed by atoms with Crippen LogP contribution in [0.4, 0.5) is 0 Å². The summed E-state index contributed by atoms with van der Waals surface area (Å²) in [5, 5.41) is 0.439. The molecule has 0 radical (unpaired) electrons. The smallest absolute Gasteiger partial charge is 0.133 e. The molecule has 2 aromatic rings. The topological polar surface area (TPSA) is 25.8 Å². The lowest BCUT2D eigenvalue weighted by Crippen LogP contribution is -1.81. The van der Waals surface area contributed by atoms with Crippen molar-refractivity contribution in [2.75, 3.05) is 0 Å². The van der Waals surface area contributed by atoms with Crippen molar-refractivity contribution in [3.8, 4) is 10.6 Å². The molecule has 0 aliphatic carbocycles. The lowest BCUT2D eigenvalue weighted by Gasteiger charge is -1.94. The van der Waals surface area contributed by atoms with Crippen LogP contribution in [0.2, 0.25) is 9.49 Å². The number of aromatic nitrogens is 2. The van der Waals surface area contributed by atoms with Crippen molar-refractivity contribution in [3.05, 3.63) is 34.0 Å². The van der Waals surface area contributed by atoms with Crippen molar-refractivity contribution in [1.82, 2.24) is 9.97 Å². The first-order valence-electron chi connectivity index (χ1n) is 3.49. The van der Waals surface area contributed by atoms with Gasteiger partial charge >= 0.3 is 0 Å². The van der Waals surface area contributed by atoms with E-state index < -0.39 is 0 Å². The maximum absolute atomic E-state index is 5.79. The van der Waals surface area contributed by atoms with Gasteiger partial charge in [-0.25, -0.2) is 9.97 Å². The van der Waals surface area contributed by atoms with Crippen molar-refractivity contribution in [1.29, 1.82) is 0 Å². The Kier molecular flexibility index (Phi) is 2.49. The van der Waals surface area contributed by atoms with Gasteiger partial charge in [0.25, 0.3) is 0 Å². The molecule has 0 spiro atoms. The summed E-state index contributed by atoms with van der Waals surface area (Å²) >= 11 is 13.0. The summed E-state index contributed by atoms with van der Waals surface area (Å²) in [5.74, 6) is 0. The number of hydrogen-bond acceptors (Lipinski definition) is 3. The van der Waals surface area contributed by atoms with Crippen LogP contribution in [0, 0.1) is 0 Å². The monoisotopic (exact) mass is 230 g/mol. The molecule has 2 nitrogen and oxygen atoms in total. The van der Waals surface area contributed by atoms with E-state index in [9.17, 15) is 0 Å². The van der Waals surface area contributed by atoms with Crippen LogP contribution in [0.15, 0.2) is 24.5 Å². The molecule has 0 fully saturated rings. The molecular formula is C8H4Cl2N2S. The highest BCUT2D eigenvalue weighted by molar-refractivity contribution is 7.19. The summed E-state index contributed by atoms with van der Waals surface area (Å²) in [7, 11) is 0. The Balaban J connectivity index is 2.46. The molecule has 0 saturated heterocycles. The molecule has 0 aliphatic rings. The molecule has 0 N–H and O–H groups in total. The quantitative estimate of drug-likeness (QED) is 0.702. The first-order chi connectivity index (χ1) is 6.25. The Bertz CT molecular complexity index is 428. The van der Waals surface area contributed by atoms with Gasteiger partial charge in [-0.15, -0.1) is 11.3 Å². The molecule has 13 heavy (non-hydrogen) atoms. The summed E-state index contributed by atoms with van der Waals surface area (Å²) in [6, 6.07) is 5.45. The zero-order valence-electron chi connectivity index (χ0n) is 6.37. The van der Waals surface area contributed by atoms with E-state index in [1.165, 1.54) is 17.7 Å². The van der Waals surface area contributed by atoms with Crippen LogP contribution in [0.5, 0.6) is 0 Å². The molecule has 0 saturated carbocycles. The highest BCUT2D eigenvalue weighted by Crippen LogP contribution is 2.29. The Morgan fingerprint density at radius 2 is 2.00 bits per heavy atom. The van der Waals surface area contributed by atoms with Crippen LogP contribution >= 0.6 is 34.5 Å². The first kappa shape index (κ1) is 8.94. The fraction of sp³-hybridized carbons (Fsp3) is 0. The molecule has 5 heteroatoms. The van der Waals surface area contributed by atoms with Gasteiger partial charge in [0.1, 0.15) is 11.5 Å². The fourth-order valence-corrected chi connectivity index (χ4v) is 2.08. The van der Waals surface area contributed by atoms with Gasteiger partial charge in [-0.2, -0.15) is 0 Å². The molecule has 66 valence electrons. The van der Waals surface area contributed by atoms with E-state index in [2.05, 4.69) is 9.97 Å². The number of thiophene rings is 1. The highest BCUT2D eigenvalue weighted by Gasteiger charge is 2.03. The average molecular weight is 231 g/mol. The van der Waals surface area contributed by atoms with Crippen molar-refractivity contribution < 1.29 is 0 Å². The molecule has 0 bridgehead atoms. The fourth-order valence-electron chi connectivity index (χ4n) is 0.920. The lowest BCUT2D eigenvalue weighted by molar-refractivity contribution is 1.18. The molecule has 0 unspecified atom stereocenters. The predicted octanol–water partition coefficient (Wildman–Crippen LogP) is 3.51. The summed E-state index contributed by atoms with van der Waals surface area (Å²) in [6.45, 7) is 0. The van der Waals surface area contributed by atoms with Gasteiger partial charge in [-0.3, -0.25) is 0 Å². The lowest BCUT2D eigenvalue weighted by atomic mass is 10.3. The van der Waals surface area contributed by atoms with Crippen LogP contribution < -0.4 is 0 Å². The highest BCUT2D eigenvalue weighted by atomic mass is 35.5. The van der Waals surface area contributed by atoms with Crippen molar-refractivity contribution >= 4 is 34.5 Å². The van der Waals surface area contributed by atoms with Gasteiger partial charge < -0.3 is 0 Å². The zero-order valence-corrected chi connectivity index (χ0v) is 8.70. The van der Waals surface area contributed by atoms with Gasteiger partial charge in [0, 0.05) is 6.07 Å². The molecule has 0 aliphatic heterocycles. The molecule has 2 rings (SSSR count). The van der Waals surface area contributed by atoms with Crippen molar-refractivity contribution in [3.63, 3.8) is 0 Å². The van der Waals surface area contributed by atoms with Crippen LogP contribution in [0.1, 0.15) is 0 Å². The second-order valence-electron chi connectivity index (χ2n) is 2.33. The van der Waals surface area contributed by atoms with E-state index in [0.717, 1.165) is 14.9 Å². The Morgan fingerprint density at radius 3 is 2.62 bits per heavy atom. The predicted molar refractivity (Wildman–Crippen MR) is 55.4 cm³/mol. The standard InChI is InChI=1S/C8H4Cl2N2S/c9-7-3-5(11-4-12-7)6-1-2-8(10)13-6/h1-4H. The van der Waals surface area contributed by atoms with Crippen LogP contribution in [0.3, 0.4) is 0 Å². The SMILES string of the molecule is Clc1cc(-c2ccc(Cl)s2)ncn1. The molecule has 0 atom stereocenters. The Labute approximate surface area is 89.2 Å². The average Bonchev–Trinajstić information content (AvgIpc) is 2.52. The van der Waals surface area contributed by atoms with Gasteiger partial charge in [-0.05, 0) is 12.1 Å². The minimum absolute atomic E-state index is 0.439. The number of rotatable bonds is 1. The normalized spacial score (nSPS) is 10.3. The molecule has 0 amide bonds. The maximum atomic E-state index is 5.79. The van der Waals surface area contributed by atoms with Crippen LogP contribution in [0.25, 0.3) is 10.6 Å². The first-order valence-corrected chi connectivity index (χ1v) is 5.06. The van der Waals surface area contributed by atoms with Crippen LogP contribution in [-0.4, -0.2) is 9.97 Å². The summed E-state index contributed by atoms with van der Waals surface area (Å²) in [4.78, 5) is 8.87. The van der Waals surface area contributed by atoms with Gasteiger partial charge in [0.05, 0.1) is 14.9 Å². The summed E-state index contributed by atoms with van der Waals surface area (Å²) < 4.78 is 0.740. The number of nitrogens with zero attached hydrogens (tertiary/aromatic N) is 2. The third-order valence-corrected chi connectivity index (χ3v) is 2.92. The number of halogens is 2. The second-order valence-corrected chi connectivity index (χ2v) is 4.43. The second kappa shape index (κ2) is 3.62. The minimum Gasteiger partial charge on any atom is -0.235 e. The van der Waals surface area contributed by atoms with E-state index in [1.54, 1.807) is 6.07 Å². The van der Waals surface area contributed by atoms with Crippen LogP contribution in [-0.2, 0) is 0 Å². The zero-order chi connectivity index (χ0) is 9.26. The van der Waals surface area contributed by atoms with Crippen molar-refractivity contribution in [2.45, 2.75) is 0 Å². The third kappa shape index (κ3) is 1.99. The van der Waals surface area contributed by atoms with E-state index in [0.29, 0.717) is 5.15 Å². The van der Waals surface area contributed by atoms with Crippen molar-refractivity contribution in [2.24, 2.45) is 0 Å². The van der Waals surface area contributed by atoms with E-state index >= 15 is 0 Å². The molecular weight excluding hydrogens is 227 g/mol. The maximum Gasteiger partial charge on any atom is 0.133 e. The van der Waals surface area contributed by atoms with E-state index in [4.69, 9.17) is 23.2 Å². The Hall–Kier alpha value is -0.640. The largest absolute Gasteiger partial charge is 0.235 e. The number of hydrogen-bond donors (Lipinski definition) is 0. The van der Waals surface area contributed by atoms with Gasteiger partial charge in [-0.1, -0.05) is 23.2 Å². The van der Waals surface area contributed by atoms with Gasteiger partial charge in [0.2, 0.25) is 0 Å². The molecule has 0 aromatic carbocycles. The summed E-state index contributed by atoms with van der Waals surface area (Å²) in [5.41, 5.74) is 0.803. The van der Waals surface area contributed by atoms with E-state index in [-0.39, 0.29) is 0 Å². The minimum atomic E-state index is 0.439.